The van der Waals surface area contributed by atoms with Gasteiger partial charge in [0.15, 0.2) is 5.16 Å². The summed E-state index contributed by atoms with van der Waals surface area (Å²) < 4.78 is 3.86. The molecule has 0 saturated carbocycles. The van der Waals surface area contributed by atoms with Crippen molar-refractivity contribution in [3.8, 4) is 0 Å². The summed E-state index contributed by atoms with van der Waals surface area (Å²) in [6, 6.07) is 0. The molecule has 0 radical (unpaired) electrons. The monoisotopic (exact) mass is 294 g/mol. The summed E-state index contributed by atoms with van der Waals surface area (Å²) in [5.41, 5.74) is 3.20. The summed E-state index contributed by atoms with van der Waals surface area (Å²) in [7, 11) is 1.89. The zero-order valence-corrected chi connectivity index (χ0v) is 12.6. The Kier molecular flexibility index (Phi) is 4.49. The predicted molar refractivity (Wildman–Crippen MR) is 77.0 cm³/mol. The quantitative estimate of drug-likeness (QED) is 0.821. The Labute approximate surface area is 121 Å². The molecule has 0 aliphatic rings. The number of carboxylic acids is 1. The Balaban J connectivity index is 2.26. The normalized spacial score (nSPS) is 10.9. The minimum absolute atomic E-state index is 0.0200. The van der Waals surface area contributed by atoms with E-state index in [2.05, 4.69) is 21.6 Å². The molecule has 0 saturated heterocycles. The van der Waals surface area contributed by atoms with Gasteiger partial charge in [0, 0.05) is 30.7 Å². The van der Waals surface area contributed by atoms with Crippen LogP contribution in [0.3, 0.4) is 0 Å². The number of hydrogen-bond donors (Lipinski definition) is 1. The summed E-state index contributed by atoms with van der Waals surface area (Å²) in [4.78, 5) is 15.0. The van der Waals surface area contributed by atoms with E-state index in [-0.39, 0.29) is 5.75 Å². The first-order valence-corrected chi connectivity index (χ1v) is 7.38. The molecule has 0 spiro atoms. The molecule has 0 aliphatic heterocycles. The highest BCUT2D eigenvalue weighted by atomic mass is 32.2. The predicted octanol–water partition coefficient (Wildman–Crippen LogP) is 1.71. The van der Waals surface area contributed by atoms with Crippen molar-refractivity contribution in [2.24, 2.45) is 7.05 Å². The topological polar surface area (TPSA) is 72.9 Å². The van der Waals surface area contributed by atoms with Crippen LogP contribution in [0.15, 0.2) is 17.6 Å². The number of carbonyl (C=O) groups is 1. The summed E-state index contributed by atoms with van der Waals surface area (Å²) in [5, 5.41) is 13.9. The van der Waals surface area contributed by atoms with Gasteiger partial charge in [-0.15, -0.1) is 0 Å². The fourth-order valence-corrected chi connectivity index (χ4v) is 2.78. The van der Waals surface area contributed by atoms with E-state index in [9.17, 15) is 4.79 Å². The maximum atomic E-state index is 10.7. The van der Waals surface area contributed by atoms with Crippen LogP contribution in [0.5, 0.6) is 0 Å². The number of carboxylic acid groups (broad SMARTS) is 1. The Morgan fingerprint density at radius 1 is 1.50 bits per heavy atom. The number of imidazole rings is 1. The molecule has 2 heterocycles. The lowest BCUT2D eigenvalue weighted by molar-refractivity contribution is -0.133. The summed E-state index contributed by atoms with van der Waals surface area (Å²) in [6.07, 6.45) is 4.66. The van der Waals surface area contributed by atoms with E-state index >= 15 is 0 Å². The first-order chi connectivity index (χ1) is 9.51. The van der Waals surface area contributed by atoms with E-state index in [0.29, 0.717) is 6.54 Å². The van der Waals surface area contributed by atoms with Crippen molar-refractivity contribution in [2.45, 2.75) is 32.0 Å². The van der Waals surface area contributed by atoms with E-state index in [1.807, 2.05) is 26.4 Å². The van der Waals surface area contributed by atoms with Crippen molar-refractivity contribution in [1.29, 1.82) is 0 Å². The van der Waals surface area contributed by atoms with Gasteiger partial charge in [0.25, 0.3) is 0 Å². The molecular formula is C13H18N4O2S. The molecule has 6 nitrogen and oxygen atoms in total. The van der Waals surface area contributed by atoms with Gasteiger partial charge >= 0.3 is 5.97 Å². The molecule has 0 fully saturated rings. The van der Waals surface area contributed by atoms with Crippen LogP contribution in [-0.4, -0.2) is 36.2 Å². The van der Waals surface area contributed by atoms with Crippen molar-refractivity contribution < 1.29 is 9.90 Å². The average molecular weight is 294 g/mol. The molecule has 1 N–H and O–H groups in total. The molecule has 20 heavy (non-hydrogen) atoms. The van der Waals surface area contributed by atoms with Crippen LogP contribution in [0.4, 0.5) is 0 Å². The van der Waals surface area contributed by atoms with E-state index in [1.54, 1.807) is 4.68 Å². The number of aromatic nitrogens is 4. The van der Waals surface area contributed by atoms with Gasteiger partial charge in [-0.1, -0.05) is 18.7 Å². The van der Waals surface area contributed by atoms with Gasteiger partial charge in [0.2, 0.25) is 0 Å². The van der Waals surface area contributed by atoms with E-state index in [1.165, 1.54) is 11.8 Å². The third-order valence-corrected chi connectivity index (χ3v) is 4.01. The van der Waals surface area contributed by atoms with Crippen molar-refractivity contribution in [3.63, 3.8) is 0 Å². The van der Waals surface area contributed by atoms with Crippen LogP contribution in [0.1, 0.15) is 23.9 Å². The number of hydrogen-bond acceptors (Lipinski definition) is 4. The molecular weight excluding hydrogens is 276 g/mol. The van der Waals surface area contributed by atoms with Crippen LogP contribution in [-0.2, 0) is 24.8 Å². The zero-order chi connectivity index (χ0) is 14.7. The zero-order valence-electron chi connectivity index (χ0n) is 11.8. The minimum atomic E-state index is -0.833. The maximum absolute atomic E-state index is 10.7. The molecule has 0 aliphatic carbocycles. The lowest BCUT2D eigenvalue weighted by Crippen LogP contribution is -2.07. The van der Waals surface area contributed by atoms with E-state index < -0.39 is 5.97 Å². The molecule has 0 unspecified atom stereocenters. The fourth-order valence-electron chi connectivity index (χ4n) is 2.06. The van der Waals surface area contributed by atoms with Gasteiger partial charge in [-0.05, 0) is 13.3 Å². The van der Waals surface area contributed by atoms with Crippen LogP contribution in [0.2, 0.25) is 0 Å². The highest BCUT2D eigenvalue weighted by Crippen LogP contribution is 2.21. The third kappa shape index (κ3) is 3.22. The molecule has 0 amide bonds. The van der Waals surface area contributed by atoms with Crippen LogP contribution < -0.4 is 0 Å². The summed E-state index contributed by atoms with van der Waals surface area (Å²) >= 11 is 1.25. The van der Waals surface area contributed by atoms with Crippen LogP contribution in [0.25, 0.3) is 0 Å². The van der Waals surface area contributed by atoms with Gasteiger partial charge in [-0.2, -0.15) is 5.10 Å². The summed E-state index contributed by atoms with van der Waals surface area (Å²) in [5.74, 6) is -0.813. The molecule has 2 rings (SSSR count). The molecule has 7 heteroatoms. The SMILES string of the molecule is CCc1cnc(SCC(=O)O)n1Cc1cn(C)nc1C. The molecule has 108 valence electrons. The lowest BCUT2D eigenvalue weighted by Gasteiger charge is -2.09. The molecule has 2 aromatic heterocycles. The molecule has 2 aromatic rings. The first kappa shape index (κ1) is 14.6. The van der Waals surface area contributed by atoms with Gasteiger partial charge in [0.05, 0.1) is 18.0 Å². The van der Waals surface area contributed by atoms with E-state index in [4.69, 9.17) is 5.11 Å². The Bertz CT molecular complexity index is 618. The maximum Gasteiger partial charge on any atom is 0.313 e. The number of aryl methyl sites for hydroxylation is 3. The number of aliphatic carboxylic acids is 1. The second-order valence-electron chi connectivity index (χ2n) is 4.57. The summed E-state index contributed by atoms with van der Waals surface area (Å²) in [6.45, 7) is 4.71. The van der Waals surface area contributed by atoms with Gasteiger partial charge < -0.3 is 9.67 Å². The number of nitrogens with zero attached hydrogens (tertiary/aromatic N) is 4. The van der Waals surface area contributed by atoms with Crippen molar-refractivity contribution >= 4 is 17.7 Å². The first-order valence-electron chi connectivity index (χ1n) is 6.39. The van der Waals surface area contributed by atoms with E-state index in [0.717, 1.165) is 28.5 Å². The average Bonchev–Trinajstić information content (AvgIpc) is 2.91. The largest absolute Gasteiger partial charge is 0.481 e. The van der Waals surface area contributed by atoms with Gasteiger partial charge in [-0.3, -0.25) is 9.48 Å². The minimum Gasteiger partial charge on any atom is -0.481 e. The molecule has 0 atom stereocenters. The van der Waals surface area contributed by atoms with Gasteiger partial charge in [0.1, 0.15) is 0 Å². The molecule has 0 aromatic carbocycles. The van der Waals surface area contributed by atoms with Crippen molar-refractivity contribution in [1.82, 2.24) is 19.3 Å². The highest BCUT2D eigenvalue weighted by molar-refractivity contribution is 7.99. The smallest absolute Gasteiger partial charge is 0.313 e. The van der Waals surface area contributed by atoms with Gasteiger partial charge in [-0.25, -0.2) is 4.98 Å². The Morgan fingerprint density at radius 2 is 2.25 bits per heavy atom. The number of rotatable bonds is 6. The highest BCUT2D eigenvalue weighted by Gasteiger charge is 2.13. The second kappa shape index (κ2) is 6.13. The van der Waals surface area contributed by atoms with Crippen LogP contribution >= 0.6 is 11.8 Å². The van der Waals surface area contributed by atoms with Crippen molar-refractivity contribution in [2.75, 3.05) is 5.75 Å². The standard InChI is InChI=1S/C13H18N4O2S/c1-4-11-5-14-13(20-8-12(18)19)17(11)7-10-6-16(3)15-9(10)2/h5-6H,4,7-8H2,1-3H3,(H,18,19). The second-order valence-corrected chi connectivity index (χ2v) is 5.51. The third-order valence-electron chi connectivity index (χ3n) is 3.03. The Hall–Kier alpha value is -1.76. The lowest BCUT2D eigenvalue weighted by atomic mass is 10.2. The van der Waals surface area contributed by atoms with Crippen LogP contribution in [0, 0.1) is 6.92 Å². The molecule has 0 bridgehead atoms. The van der Waals surface area contributed by atoms with Crippen molar-refractivity contribution in [3.05, 3.63) is 29.3 Å². The number of thioether (sulfide) groups is 1. The fraction of sp³-hybridized carbons (Fsp3) is 0.462. The Morgan fingerprint density at radius 3 is 2.80 bits per heavy atom.